The molecule has 4 rings (SSSR count). The van der Waals surface area contributed by atoms with Crippen molar-refractivity contribution >= 4 is 16.8 Å². The molecule has 33 heavy (non-hydrogen) atoms. The lowest BCUT2D eigenvalue weighted by Gasteiger charge is -2.31. The fourth-order valence-electron chi connectivity index (χ4n) is 4.24. The van der Waals surface area contributed by atoms with E-state index in [4.69, 9.17) is 9.47 Å². The summed E-state index contributed by atoms with van der Waals surface area (Å²) >= 11 is 0. The molecule has 1 atom stereocenters. The van der Waals surface area contributed by atoms with Crippen LogP contribution < -0.4 is 9.47 Å². The number of amides is 1. The number of aromatic nitrogens is 1. The van der Waals surface area contributed by atoms with Crippen molar-refractivity contribution in [3.05, 3.63) is 95.2 Å². The van der Waals surface area contributed by atoms with Gasteiger partial charge in [0.2, 0.25) is 0 Å². The number of aromatic amines is 1. The van der Waals surface area contributed by atoms with Crippen LogP contribution in [0.4, 0.5) is 0 Å². The third-order valence-corrected chi connectivity index (χ3v) is 6.23. The summed E-state index contributed by atoms with van der Waals surface area (Å²) in [5, 5.41) is 1.10. The van der Waals surface area contributed by atoms with Gasteiger partial charge in [-0.2, -0.15) is 0 Å². The molecular formula is C28H30N2O3. The minimum atomic E-state index is -0.258. The maximum atomic E-state index is 13.5. The number of para-hydroxylation sites is 1. The van der Waals surface area contributed by atoms with Gasteiger partial charge in [0.1, 0.15) is 11.5 Å². The molecule has 1 amide bonds. The average Bonchev–Trinajstić information content (AvgIpc) is 3.27. The van der Waals surface area contributed by atoms with Crippen LogP contribution in [0.15, 0.2) is 72.9 Å². The lowest BCUT2D eigenvalue weighted by Crippen LogP contribution is -2.38. The van der Waals surface area contributed by atoms with Crippen molar-refractivity contribution in [1.82, 2.24) is 9.88 Å². The molecule has 170 valence electrons. The number of H-pyrrole nitrogens is 1. The number of benzene rings is 3. The van der Waals surface area contributed by atoms with Gasteiger partial charge in [-0.1, -0.05) is 42.5 Å². The molecule has 0 fully saturated rings. The third-order valence-electron chi connectivity index (χ3n) is 6.23. The lowest BCUT2D eigenvalue weighted by molar-refractivity contribution is -0.134. The zero-order valence-electron chi connectivity index (χ0n) is 19.6. The minimum absolute atomic E-state index is 0.0207. The summed E-state index contributed by atoms with van der Waals surface area (Å²) in [7, 11) is 1.65. The van der Waals surface area contributed by atoms with Crippen molar-refractivity contribution in [1.29, 1.82) is 0 Å². The number of rotatable bonds is 8. The molecule has 1 heterocycles. The van der Waals surface area contributed by atoms with E-state index in [1.807, 2.05) is 92.5 Å². The molecule has 0 spiro atoms. The molecule has 5 heteroatoms. The smallest absolute Gasteiger partial charge is 0.261 e. The second-order valence-electron chi connectivity index (χ2n) is 8.13. The van der Waals surface area contributed by atoms with E-state index < -0.39 is 0 Å². The van der Waals surface area contributed by atoms with E-state index in [1.54, 1.807) is 7.11 Å². The summed E-state index contributed by atoms with van der Waals surface area (Å²) in [6.07, 6.45) is 2.00. The molecule has 0 aliphatic heterocycles. The molecule has 0 radical (unpaired) electrons. The molecule has 0 saturated carbocycles. The molecule has 3 aromatic carbocycles. The SMILES string of the molecule is CCN(C(=O)COc1cccc(C)c1C)[C@@H](c1ccc(OC)cc1)c1c[nH]c2ccccc12. The quantitative estimate of drug-likeness (QED) is 0.375. The van der Waals surface area contributed by atoms with Crippen molar-refractivity contribution in [2.24, 2.45) is 0 Å². The van der Waals surface area contributed by atoms with Crippen LogP contribution in [0.1, 0.15) is 35.2 Å². The van der Waals surface area contributed by atoms with E-state index in [9.17, 15) is 4.79 Å². The van der Waals surface area contributed by atoms with Gasteiger partial charge in [-0.05, 0) is 61.7 Å². The van der Waals surface area contributed by atoms with Crippen molar-refractivity contribution in [2.45, 2.75) is 26.8 Å². The van der Waals surface area contributed by atoms with Crippen LogP contribution in [0.3, 0.4) is 0 Å². The number of likely N-dealkylation sites (N-methyl/N-ethyl adjacent to an activating group) is 1. The van der Waals surface area contributed by atoms with Crippen LogP contribution in [0, 0.1) is 13.8 Å². The summed E-state index contributed by atoms with van der Waals surface area (Å²) in [4.78, 5) is 18.7. The second kappa shape index (κ2) is 9.82. The summed E-state index contributed by atoms with van der Waals surface area (Å²) < 4.78 is 11.3. The highest BCUT2D eigenvalue weighted by Crippen LogP contribution is 2.34. The average molecular weight is 443 g/mol. The van der Waals surface area contributed by atoms with Gasteiger partial charge in [0.15, 0.2) is 6.61 Å². The molecule has 0 aliphatic rings. The molecule has 0 aliphatic carbocycles. The predicted molar refractivity (Wildman–Crippen MR) is 132 cm³/mol. The van der Waals surface area contributed by atoms with Gasteiger partial charge in [0.25, 0.3) is 5.91 Å². The Labute approximate surface area is 195 Å². The number of methoxy groups -OCH3 is 1. The first-order valence-electron chi connectivity index (χ1n) is 11.2. The Morgan fingerprint density at radius 3 is 2.48 bits per heavy atom. The number of nitrogens with zero attached hydrogens (tertiary/aromatic N) is 1. The maximum absolute atomic E-state index is 13.5. The Balaban J connectivity index is 1.69. The van der Waals surface area contributed by atoms with Crippen molar-refractivity contribution in [3.63, 3.8) is 0 Å². The van der Waals surface area contributed by atoms with Crippen LogP contribution in [0.5, 0.6) is 11.5 Å². The molecule has 5 nitrogen and oxygen atoms in total. The summed E-state index contributed by atoms with van der Waals surface area (Å²) in [6.45, 7) is 6.58. The van der Waals surface area contributed by atoms with E-state index in [0.717, 1.165) is 44.7 Å². The minimum Gasteiger partial charge on any atom is -0.497 e. The van der Waals surface area contributed by atoms with E-state index in [-0.39, 0.29) is 18.6 Å². The van der Waals surface area contributed by atoms with Crippen LogP contribution in [0.2, 0.25) is 0 Å². The molecule has 1 aromatic heterocycles. The van der Waals surface area contributed by atoms with Gasteiger partial charge < -0.3 is 19.4 Å². The van der Waals surface area contributed by atoms with Crippen LogP contribution >= 0.6 is 0 Å². The number of nitrogens with one attached hydrogen (secondary N) is 1. The zero-order valence-corrected chi connectivity index (χ0v) is 19.6. The van der Waals surface area contributed by atoms with Crippen LogP contribution in [-0.4, -0.2) is 36.1 Å². The maximum Gasteiger partial charge on any atom is 0.261 e. The van der Waals surface area contributed by atoms with Crippen LogP contribution in [-0.2, 0) is 4.79 Å². The fourth-order valence-corrected chi connectivity index (χ4v) is 4.24. The first-order chi connectivity index (χ1) is 16.0. The van der Waals surface area contributed by atoms with E-state index >= 15 is 0 Å². The van der Waals surface area contributed by atoms with E-state index in [1.165, 1.54) is 0 Å². The number of carbonyl (C=O) groups is 1. The molecule has 0 bridgehead atoms. The largest absolute Gasteiger partial charge is 0.497 e. The number of carbonyl (C=O) groups excluding carboxylic acids is 1. The van der Waals surface area contributed by atoms with E-state index in [2.05, 4.69) is 11.1 Å². The molecule has 4 aromatic rings. The highest BCUT2D eigenvalue weighted by atomic mass is 16.5. The number of fused-ring (bicyclic) bond motifs is 1. The molecule has 0 saturated heterocycles. The normalized spacial score (nSPS) is 11.9. The Hall–Kier alpha value is -3.73. The van der Waals surface area contributed by atoms with Gasteiger partial charge in [-0.3, -0.25) is 4.79 Å². The monoisotopic (exact) mass is 442 g/mol. The third kappa shape index (κ3) is 4.58. The summed E-state index contributed by atoms with van der Waals surface area (Å²) in [5.74, 6) is 1.46. The Bertz CT molecular complexity index is 1240. The van der Waals surface area contributed by atoms with Crippen molar-refractivity contribution < 1.29 is 14.3 Å². The number of ether oxygens (including phenoxy) is 2. The van der Waals surface area contributed by atoms with Gasteiger partial charge in [0.05, 0.1) is 13.2 Å². The van der Waals surface area contributed by atoms with Crippen LogP contribution in [0.25, 0.3) is 10.9 Å². The highest BCUT2D eigenvalue weighted by molar-refractivity contribution is 5.86. The number of hydrogen-bond donors (Lipinski definition) is 1. The lowest BCUT2D eigenvalue weighted by atomic mass is 9.96. The van der Waals surface area contributed by atoms with Gasteiger partial charge in [0, 0.05) is 29.2 Å². The van der Waals surface area contributed by atoms with Gasteiger partial charge in [-0.25, -0.2) is 0 Å². The zero-order chi connectivity index (χ0) is 23.4. The standard InChI is InChI=1S/C28H30N2O3/c1-5-30(27(31)18-33-26-12-8-9-19(2)20(26)3)28(21-13-15-22(32-4)16-14-21)24-17-29-25-11-7-6-10-23(24)25/h6-17,28-29H,5,18H2,1-4H3/t28-/m0/s1. The topological polar surface area (TPSA) is 54.6 Å². The first-order valence-corrected chi connectivity index (χ1v) is 11.2. The van der Waals surface area contributed by atoms with Crippen molar-refractivity contribution in [2.75, 3.05) is 20.3 Å². The predicted octanol–water partition coefficient (Wildman–Crippen LogP) is 5.81. The Morgan fingerprint density at radius 2 is 1.76 bits per heavy atom. The fraction of sp³-hybridized carbons (Fsp3) is 0.250. The Morgan fingerprint density at radius 1 is 1.00 bits per heavy atom. The number of hydrogen-bond acceptors (Lipinski definition) is 3. The van der Waals surface area contributed by atoms with Gasteiger partial charge in [-0.15, -0.1) is 0 Å². The Kier molecular flexibility index (Phi) is 6.68. The molecular weight excluding hydrogens is 412 g/mol. The number of aryl methyl sites for hydroxylation is 1. The first kappa shape index (κ1) is 22.5. The summed E-state index contributed by atoms with van der Waals surface area (Å²) in [6, 6.07) is 21.7. The highest BCUT2D eigenvalue weighted by Gasteiger charge is 2.28. The van der Waals surface area contributed by atoms with Gasteiger partial charge >= 0.3 is 0 Å². The molecule has 1 N–H and O–H groups in total. The summed E-state index contributed by atoms with van der Waals surface area (Å²) in [5.41, 5.74) is 5.31. The van der Waals surface area contributed by atoms with E-state index in [0.29, 0.717) is 6.54 Å². The second-order valence-corrected chi connectivity index (χ2v) is 8.13. The molecule has 0 unspecified atom stereocenters. The van der Waals surface area contributed by atoms with Crippen molar-refractivity contribution in [3.8, 4) is 11.5 Å².